The molecule has 0 aliphatic carbocycles. The average Bonchev–Trinajstić information content (AvgIpc) is 3.20. The minimum absolute atomic E-state index is 0.0735. The lowest BCUT2D eigenvalue weighted by Crippen LogP contribution is -2.35. The van der Waals surface area contributed by atoms with Crippen molar-refractivity contribution in [3.63, 3.8) is 0 Å². The van der Waals surface area contributed by atoms with Gasteiger partial charge in [-0.05, 0) is 61.1 Å². The van der Waals surface area contributed by atoms with E-state index in [-0.39, 0.29) is 10.8 Å². The highest BCUT2D eigenvalue weighted by atomic mass is 32.2. The Bertz CT molecular complexity index is 1130. The fourth-order valence-electron chi connectivity index (χ4n) is 4.52. The van der Waals surface area contributed by atoms with Crippen LogP contribution in [0.3, 0.4) is 0 Å². The molecule has 0 radical (unpaired) electrons. The van der Waals surface area contributed by atoms with Gasteiger partial charge in [0, 0.05) is 31.7 Å². The van der Waals surface area contributed by atoms with Crippen LogP contribution in [0.5, 0.6) is 0 Å². The van der Waals surface area contributed by atoms with Crippen molar-refractivity contribution in [3.8, 4) is 0 Å². The number of rotatable bonds is 9. The van der Waals surface area contributed by atoms with Gasteiger partial charge in [0.2, 0.25) is 10.0 Å². The number of amides is 1. The molecule has 0 bridgehead atoms. The molecule has 0 N–H and O–H groups in total. The zero-order chi connectivity index (χ0) is 24.5. The van der Waals surface area contributed by atoms with E-state index in [4.69, 9.17) is 0 Å². The van der Waals surface area contributed by atoms with E-state index < -0.39 is 10.0 Å². The second kappa shape index (κ2) is 12.1. The minimum atomic E-state index is -3.53. The summed E-state index contributed by atoms with van der Waals surface area (Å²) in [6, 6.07) is 26.8. The quantitative estimate of drug-likeness (QED) is 0.415. The third kappa shape index (κ3) is 6.80. The van der Waals surface area contributed by atoms with Gasteiger partial charge in [-0.15, -0.1) is 0 Å². The molecule has 1 saturated heterocycles. The van der Waals surface area contributed by atoms with Gasteiger partial charge in [-0.1, -0.05) is 73.5 Å². The van der Waals surface area contributed by atoms with Gasteiger partial charge in [0.25, 0.3) is 5.91 Å². The van der Waals surface area contributed by atoms with E-state index in [1.54, 1.807) is 28.6 Å². The molecular formula is C29H34N2O3S. The van der Waals surface area contributed by atoms with E-state index >= 15 is 0 Å². The molecule has 184 valence electrons. The number of hydrogen-bond donors (Lipinski definition) is 0. The smallest absolute Gasteiger partial charge is 0.253 e. The molecule has 1 heterocycles. The average molecular weight is 491 g/mol. The molecule has 0 saturated carbocycles. The Kier molecular flexibility index (Phi) is 8.72. The van der Waals surface area contributed by atoms with Crippen LogP contribution in [-0.2, 0) is 22.9 Å². The van der Waals surface area contributed by atoms with Crippen molar-refractivity contribution in [1.82, 2.24) is 9.21 Å². The Balaban J connectivity index is 1.48. The molecular weight excluding hydrogens is 456 g/mol. The molecule has 4 rings (SSSR count). The van der Waals surface area contributed by atoms with Crippen LogP contribution in [0, 0.1) is 0 Å². The first-order valence-corrected chi connectivity index (χ1v) is 14.0. The first-order valence-electron chi connectivity index (χ1n) is 12.5. The Labute approximate surface area is 209 Å². The first-order chi connectivity index (χ1) is 17.0. The molecule has 0 atom stereocenters. The molecule has 0 unspecified atom stereocenters. The van der Waals surface area contributed by atoms with Gasteiger partial charge in [-0.25, -0.2) is 8.42 Å². The molecule has 6 heteroatoms. The molecule has 5 nitrogen and oxygen atoms in total. The predicted molar refractivity (Wildman–Crippen MR) is 140 cm³/mol. The zero-order valence-electron chi connectivity index (χ0n) is 20.2. The third-order valence-corrected chi connectivity index (χ3v) is 8.53. The number of hydrogen-bond acceptors (Lipinski definition) is 3. The Morgan fingerprint density at radius 3 is 1.66 bits per heavy atom. The number of carbonyl (C=O) groups is 1. The lowest BCUT2D eigenvalue weighted by atomic mass is 10.1. The third-order valence-electron chi connectivity index (χ3n) is 6.62. The largest absolute Gasteiger partial charge is 0.338 e. The van der Waals surface area contributed by atoms with Crippen LogP contribution in [0.15, 0.2) is 89.8 Å². The predicted octanol–water partition coefficient (Wildman–Crippen LogP) is 5.18. The first kappa shape index (κ1) is 25.1. The molecule has 35 heavy (non-hydrogen) atoms. The van der Waals surface area contributed by atoms with Gasteiger partial charge < -0.3 is 4.90 Å². The van der Waals surface area contributed by atoms with Gasteiger partial charge in [0.1, 0.15) is 0 Å². The van der Waals surface area contributed by atoms with E-state index in [0.29, 0.717) is 31.7 Å². The Morgan fingerprint density at radius 1 is 0.686 bits per heavy atom. The number of benzene rings is 3. The van der Waals surface area contributed by atoms with Crippen molar-refractivity contribution >= 4 is 15.9 Å². The Morgan fingerprint density at radius 2 is 1.17 bits per heavy atom. The van der Waals surface area contributed by atoms with Crippen molar-refractivity contribution in [2.45, 2.75) is 43.4 Å². The summed E-state index contributed by atoms with van der Waals surface area (Å²) in [5.41, 5.74) is 2.88. The SMILES string of the molecule is O=C(c1ccc(S(=O)(=O)N2CCCCCC2)cc1)N(CCc1ccccc1)CCc1ccccc1. The lowest BCUT2D eigenvalue weighted by molar-refractivity contribution is 0.0759. The van der Waals surface area contributed by atoms with Gasteiger partial charge >= 0.3 is 0 Å². The van der Waals surface area contributed by atoms with Crippen LogP contribution in [0.25, 0.3) is 0 Å². The van der Waals surface area contributed by atoms with Gasteiger partial charge in [-0.3, -0.25) is 4.79 Å². The van der Waals surface area contributed by atoms with Crippen LogP contribution in [0.1, 0.15) is 47.2 Å². The topological polar surface area (TPSA) is 57.7 Å². The highest BCUT2D eigenvalue weighted by molar-refractivity contribution is 7.89. The number of sulfonamides is 1. The van der Waals surface area contributed by atoms with Crippen LogP contribution in [0.2, 0.25) is 0 Å². The molecule has 0 spiro atoms. The highest BCUT2D eigenvalue weighted by Crippen LogP contribution is 2.21. The summed E-state index contributed by atoms with van der Waals surface area (Å²) < 4.78 is 27.8. The summed E-state index contributed by atoms with van der Waals surface area (Å²) in [7, 11) is -3.53. The summed E-state index contributed by atoms with van der Waals surface area (Å²) in [5, 5.41) is 0. The van der Waals surface area contributed by atoms with Crippen LogP contribution in [0.4, 0.5) is 0 Å². The monoisotopic (exact) mass is 490 g/mol. The van der Waals surface area contributed by atoms with E-state index in [1.807, 2.05) is 41.3 Å². The normalized spacial score (nSPS) is 14.9. The fraction of sp³-hybridized carbons (Fsp3) is 0.345. The lowest BCUT2D eigenvalue weighted by Gasteiger charge is -2.24. The van der Waals surface area contributed by atoms with Crippen molar-refractivity contribution in [1.29, 1.82) is 0 Å². The van der Waals surface area contributed by atoms with Crippen LogP contribution >= 0.6 is 0 Å². The molecule has 1 amide bonds. The van der Waals surface area contributed by atoms with Crippen molar-refractivity contribution in [2.24, 2.45) is 0 Å². The summed E-state index contributed by atoms with van der Waals surface area (Å²) in [4.78, 5) is 15.6. The minimum Gasteiger partial charge on any atom is -0.338 e. The van der Waals surface area contributed by atoms with E-state index in [0.717, 1.165) is 38.5 Å². The van der Waals surface area contributed by atoms with E-state index in [2.05, 4.69) is 24.3 Å². The molecule has 1 fully saturated rings. The van der Waals surface area contributed by atoms with Crippen molar-refractivity contribution < 1.29 is 13.2 Å². The summed E-state index contributed by atoms with van der Waals surface area (Å²) in [6.45, 7) is 2.33. The van der Waals surface area contributed by atoms with Crippen molar-refractivity contribution in [2.75, 3.05) is 26.2 Å². The maximum absolute atomic E-state index is 13.5. The molecule has 3 aromatic carbocycles. The maximum Gasteiger partial charge on any atom is 0.253 e. The Hall–Kier alpha value is -2.96. The summed E-state index contributed by atoms with van der Waals surface area (Å²) in [6.07, 6.45) is 5.47. The van der Waals surface area contributed by atoms with Gasteiger partial charge in [-0.2, -0.15) is 4.31 Å². The van der Waals surface area contributed by atoms with E-state index in [9.17, 15) is 13.2 Å². The molecule has 0 aromatic heterocycles. The molecule has 3 aromatic rings. The van der Waals surface area contributed by atoms with Crippen LogP contribution < -0.4 is 0 Å². The van der Waals surface area contributed by atoms with Crippen molar-refractivity contribution in [3.05, 3.63) is 102 Å². The zero-order valence-corrected chi connectivity index (χ0v) is 21.0. The number of carbonyl (C=O) groups excluding carboxylic acids is 1. The second-order valence-electron chi connectivity index (χ2n) is 9.11. The van der Waals surface area contributed by atoms with Gasteiger partial charge in [0.15, 0.2) is 0 Å². The number of nitrogens with zero attached hydrogens (tertiary/aromatic N) is 2. The molecule has 1 aliphatic heterocycles. The summed E-state index contributed by atoms with van der Waals surface area (Å²) in [5.74, 6) is -0.0735. The standard InChI is InChI=1S/C29H34N2O3S/c32-29(27-15-17-28(18-16-27)35(33,34)31-21-9-1-2-10-22-31)30(23-19-25-11-5-3-6-12-25)24-20-26-13-7-4-8-14-26/h3-8,11-18H,1-2,9-10,19-24H2. The highest BCUT2D eigenvalue weighted by Gasteiger charge is 2.25. The second-order valence-corrected chi connectivity index (χ2v) is 11.0. The van der Waals surface area contributed by atoms with E-state index in [1.165, 1.54) is 11.1 Å². The maximum atomic E-state index is 13.5. The molecule has 1 aliphatic rings. The summed E-state index contributed by atoms with van der Waals surface area (Å²) >= 11 is 0. The van der Waals surface area contributed by atoms with Gasteiger partial charge in [0.05, 0.1) is 4.90 Å². The fourth-order valence-corrected chi connectivity index (χ4v) is 6.03. The van der Waals surface area contributed by atoms with Crippen LogP contribution in [-0.4, -0.2) is 49.7 Å².